The third kappa shape index (κ3) is 2.25. The lowest BCUT2D eigenvalue weighted by atomic mass is 10.1. The van der Waals surface area contributed by atoms with E-state index in [1.54, 1.807) is 12.1 Å². The van der Waals surface area contributed by atoms with Gasteiger partial charge in [0, 0.05) is 10.5 Å². The molecule has 1 aromatic carbocycles. The highest BCUT2D eigenvalue weighted by atomic mass is 79.9. The van der Waals surface area contributed by atoms with Crippen molar-refractivity contribution in [3.05, 3.63) is 23.8 Å². The average Bonchev–Trinajstić information content (AvgIpc) is 2.03. The molecular formula is C9H9BrO2S. The van der Waals surface area contributed by atoms with Crippen LogP contribution >= 0.6 is 28.6 Å². The van der Waals surface area contributed by atoms with Crippen molar-refractivity contribution in [1.29, 1.82) is 0 Å². The molecule has 1 rings (SSSR count). The van der Waals surface area contributed by atoms with E-state index in [0.29, 0.717) is 10.5 Å². The Balaban J connectivity index is 3.20. The van der Waals surface area contributed by atoms with Crippen LogP contribution in [-0.2, 0) is 4.79 Å². The normalized spacial score (nSPS) is 12.5. The molecule has 1 aromatic rings. The van der Waals surface area contributed by atoms with Crippen LogP contribution in [0.15, 0.2) is 23.1 Å². The van der Waals surface area contributed by atoms with Gasteiger partial charge in [0.05, 0.1) is 0 Å². The second-order valence-corrected chi connectivity index (χ2v) is 4.08. The van der Waals surface area contributed by atoms with Crippen LogP contribution < -0.4 is 0 Å². The largest absolute Gasteiger partial charge is 0.508 e. The highest BCUT2D eigenvalue weighted by Gasteiger charge is 2.18. The van der Waals surface area contributed by atoms with Crippen molar-refractivity contribution in [1.82, 2.24) is 0 Å². The van der Waals surface area contributed by atoms with Crippen molar-refractivity contribution in [2.45, 2.75) is 16.6 Å². The number of benzene rings is 1. The first-order valence-corrected chi connectivity index (χ1v) is 5.05. The molecule has 0 aliphatic heterocycles. The average molecular weight is 261 g/mol. The van der Waals surface area contributed by atoms with Gasteiger partial charge in [-0.15, -0.1) is 12.6 Å². The van der Waals surface area contributed by atoms with E-state index in [1.165, 1.54) is 13.0 Å². The first kappa shape index (κ1) is 10.6. The number of alkyl halides is 1. The van der Waals surface area contributed by atoms with Gasteiger partial charge >= 0.3 is 0 Å². The maximum atomic E-state index is 11.1. The van der Waals surface area contributed by atoms with Gasteiger partial charge in [-0.25, -0.2) is 0 Å². The van der Waals surface area contributed by atoms with E-state index in [0.717, 1.165) is 0 Å². The van der Waals surface area contributed by atoms with Gasteiger partial charge in [-0.1, -0.05) is 22.0 Å². The summed E-state index contributed by atoms with van der Waals surface area (Å²) in [4.78, 5) is 11.2. The Bertz CT molecular complexity index is 318. The summed E-state index contributed by atoms with van der Waals surface area (Å²) in [7, 11) is 0. The number of thiol groups is 1. The number of halogens is 1. The maximum absolute atomic E-state index is 11.1. The highest BCUT2D eigenvalue weighted by Crippen LogP contribution is 2.35. The van der Waals surface area contributed by atoms with Crippen LogP contribution in [0.5, 0.6) is 5.75 Å². The summed E-state index contributed by atoms with van der Waals surface area (Å²) in [5.41, 5.74) is 0.526. The van der Waals surface area contributed by atoms with Gasteiger partial charge in [0.2, 0.25) is 0 Å². The molecule has 4 heteroatoms. The molecule has 0 saturated heterocycles. The Morgan fingerprint density at radius 2 is 2.23 bits per heavy atom. The van der Waals surface area contributed by atoms with Crippen LogP contribution in [0.25, 0.3) is 0 Å². The van der Waals surface area contributed by atoms with Gasteiger partial charge in [-0.05, 0) is 19.1 Å². The Labute approximate surface area is 90.5 Å². The number of carbonyl (C=O) groups excluding carboxylic acids is 1. The van der Waals surface area contributed by atoms with Crippen LogP contribution in [0.4, 0.5) is 0 Å². The molecule has 70 valence electrons. The van der Waals surface area contributed by atoms with E-state index in [4.69, 9.17) is 0 Å². The lowest BCUT2D eigenvalue weighted by Crippen LogP contribution is -2.02. The van der Waals surface area contributed by atoms with Gasteiger partial charge in [0.25, 0.3) is 0 Å². The van der Waals surface area contributed by atoms with Crippen molar-refractivity contribution >= 4 is 34.3 Å². The zero-order chi connectivity index (χ0) is 10.0. The second kappa shape index (κ2) is 4.15. The topological polar surface area (TPSA) is 37.3 Å². The first-order chi connectivity index (χ1) is 6.04. The summed E-state index contributed by atoms with van der Waals surface area (Å²) >= 11 is 7.35. The summed E-state index contributed by atoms with van der Waals surface area (Å²) in [6.45, 7) is 1.46. The summed E-state index contributed by atoms with van der Waals surface area (Å²) in [5, 5.41) is 9.48. The molecule has 1 atom stereocenters. The molecule has 1 unspecified atom stereocenters. The summed E-state index contributed by atoms with van der Waals surface area (Å²) < 4.78 is 0. The number of rotatable bonds is 2. The van der Waals surface area contributed by atoms with Crippen molar-refractivity contribution in [3.8, 4) is 5.75 Å². The van der Waals surface area contributed by atoms with E-state index in [9.17, 15) is 9.90 Å². The zero-order valence-corrected chi connectivity index (χ0v) is 9.47. The minimum absolute atomic E-state index is 0.0585. The standard InChI is InChI=1S/C9H9BrO2S/c1-5(11)9(10)8-6(12)3-2-4-7(8)13/h2-4,9,12-13H,1H3. The summed E-state index contributed by atoms with van der Waals surface area (Å²) in [6, 6.07) is 4.95. The minimum atomic E-state index is -0.485. The highest BCUT2D eigenvalue weighted by molar-refractivity contribution is 9.09. The Kier molecular flexibility index (Phi) is 3.39. The molecule has 0 amide bonds. The van der Waals surface area contributed by atoms with Gasteiger partial charge in [0.1, 0.15) is 16.4 Å². The molecule has 1 N–H and O–H groups in total. The minimum Gasteiger partial charge on any atom is -0.508 e. The SMILES string of the molecule is CC(=O)C(Br)c1c(O)cccc1S. The molecule has 0 bridgehead atoms. The van der Waals surface area contributed by atoms with Crippen LogP contribution in [-0.4, -0.2) is 10.9 Å². The van der Waals surface area contributed by atoms with E-state index in [1.807, 2.05) is 0 Å². The van der Waals surface area contributed by atoms with Crippen LogP contribution in [0.1, 0.15) is 17.3 Å². The molecule has 2 nitrogen and oxygen atoms in total. The lowest BCUT2D eigenvalue weighted by molar-refractivity contribution is -0.116. The number of phenols is 1. The Morgan fingerprint density at radius 1 is 1.62 bits per heavy atom. The number of hydrogen-bond donors (Lipinski definition) is 2. The van der Waals surface area contributed by atoms with E-state index >= 15 is 0 Å². The fraction of sp³-hybridized carbons (Fsp3) is 0.222. The van der Waals surface area contributed by atoms with Crippen LogP contribution in [0, 0.1) is 0 Å². The smallest absolute Gasteiger partial charge is 0.148 e. The molecule has 0 aliphatic rings. The molecule has 0 spiro atoms. The van der Waals surface area contributed by atoms with Gasteiger partial charge in [0.15, 0.2) is 0 Å². The lowest BCUT2D eigenvalue weighted by Gasteiger charge is -2.10. The third-order valence-electron chi connectivity index (χ3n) is 1.67. The van der Waals surface area contributed by atoms with Crippen LogP contribution in [0.3, 0.4) is 0 Å². The third-order valence-corrected chi connectivity index (χ3v) is 3.16. The number of carbonyl (C=O) groups is 1. The Hall–Kier alpha value is -0.480. The van der Waals surface area contributed by atoms with Crippen molar-refractivity contribution in [2.75, 3.05) is 0 Å². The van der Waals surface area contributed by atoms with Gasteiger partial charge in [-0.2, -0.15) is 0 Å². The summed E-state index contributed by atoms with van der Waals surface area (Å²) in [6.07, 6.45) is 0. The molecular weight excluding hydrogens is 252 g/mol. The molecule has 0 aliphatic carbocycles. The molecule has 0 radical (unpaired) electrons. The summed E-state index contributed by atoms with van der Waals surface area (Å²) in [5.74, 6) is 0.0291. The van der Waals surface area contributed by atoms with Crippen molar-refractivity contribution < 1.29 is 9.90 Å². The van der Waals surface area contributed by atoms with Crippen LogP contribution in [0.2, 0.25) is 0 Å². The molecule has 0 heterocycles. The van der Waals surface area contributed by atoms with Crippen molar-refractivity contribution in [2.24, 2.45) is 0 Å². The Morgan fingerprint density at radius 3 is 2.69 bits per heavy atom. The monoisotopic (exact) mass is 260 g/mol. The molecule has 13 heavy (non-hydrogen) atoms. The predicted octanol–water partition coefficient (Wildman–Crippen LogP) is 2.71. The predicted molar refractivity (Wildman–Crippen MR) is 57.7 cm³/mol. The van der Waals surface area contributed by atoms with E-state index in [-0.39, 0.29) is 11.5 Å². The fourth-order valence-electron chi connectivity index (χ4n) is 1.00. The van der Waals surface area contributed by atoms with Crippen molar-refractivity contribution in [3.63, 3.8) is 0 Å². The zero-order valence-electron chi connectivity index (χ0n) is 6.99. The van der Waals surface area contributed by atoms with Gasteiger partial charge < -0.3 is 5.11 Å². The second-order valence-electron chi connectivity index (χ2n) is 2.68. The number of aromatic hydroxyl groups is 1. The number of ketones is 1. The number of Topliss-reactive ketones (excluding diaryl/α,β-unsaturated/α-hetero) is 1. The van der Waals surface area contributed by atoms with E-state index < -0.39 is 4.83 Å². The molecule has 0 aromatic heterocycles. The fourth-order valence-corrected chi connectivity index (χ4v) is 1.99. The quantitative estimate of drug-likeness (QED) is 0.634. The number of hydrogen-bond acceptors (Lipinski definition) is 3. The number of phenolic OH excluding ortho intramolecular Hbond substituents is 1. The van der Waals surface area contributed by atoms with E-state index in [2.05, 4.69) is 28.6 Å². The maximum Gasteiger partial charge on any atom is 0.148 e. The molecule has 0 saturated carbocycles. The van der Waals surface area contributed by atoms with Gasteiger partial charge in [-0.3, -0.25) is 4.79 Å². The first-order valence-electron chi connectivity index (χ1n) is 3.69. The molecule has 0 fully saturated rings.